The van der Waals surface area contributed by atoms with Crippen molar-refractivity contribution in [1.29, 1.82) is 0 Å². The number of carbonyl (C=O) groups is 1. The van der Waals surface area contributed by atoms with Gasteiger partial charge in [0.1, 0.15) is 12.1 Å². The van der Waals surface area contributed by atoms with Crippen molar-refractivity contribution in [3.8, 4) is 0 Å². The average Bonchev–Trinajstić information content (AvgIpc) is 3.26. The summed E-state index contributed by atoms with van der Waals surface area (Å²) in [6, 6.07) is 5.44. The normalized spacial score (nSPS) is 17.0. The van der Waals surface area contributed by atoms with Crippen molar-refractivity contribution in [1.82, 2.24) is 14.9 Å². The van der Waals surface area contributed by atoms with Gasteiger partial charge in [-0.05, 0) is 18.6 Å². The van der Waals surface area contributed by atoms with E-state index >= 15 is 0 Å². The number of amides is 1. The smallest absolute Gasteiger partial charge is 0.263 e. The van der Waals surface area contributed by atoms with Crippen LogP contribution in [0.2, 0.25) is 4.34 Å². The molecule has 1 aliphatic heterocycles. The summed E-state index contributed by atoms with van der Waals surface area (Å²) in [6.45, 7) is 2.69. The van der Waals surface area contributed by atoms with Gasteiger partial charge in [-0.15, -0.1) is 11.3 Å². The van der Waals surface area contributed by atoms with E-state index in [1.165, 1.54) is 11.3 Å². The van der Waals surface area contributed by atoms with Gasteiger partial charge >= 0.3 is 0 Å². The summed E-state index contributed by atoms with van der Waals surface area (Å²) in [7, 11) is 1.78. The molecule has 1 atom stereocenters. The summed E-state index contributed by atoms with van der Waals surface area (Å²) in [5.41, 5.74) is 1.00. The lowest BCUT2D eigenvalue weighted by Crippen LogP contribution is -2.31. The minimum absolute atomic E-state index is 0.0276. The Morgan fingerprint density at radius 2 is 2.38 bits per heavy atom. The first-order valence-electron chi connectivity index (χ1n) is 7.78. The minimum atomic E-state index is -0.0276. The van der Waals surface area contributed by atoms with Gasteiger partial charge in [-0.2, -0.15) is 0 Å². The SMILES string of the molecule is CN(CCNc1cc([C@@H]2CCOC2)ncn1)C(=O)c1ccc(Cl)s1. The molecule has 1 aliphatic rings. The van der Waals surface area contributed by atoms with Gasteiger partial charge in [-0.25, -0.2) is 9.97 Å². The maximum Gasteiger partial charge on any atom is 0.263 e. The zero-order valence-corrected chi connectivity index (χ0v) is 14.9. The predicted molar refractivity (Wildman–Crippen MR) is 95.0 cm³/mol. The van der Waals surface area contributed by atoms with Crippen LogP contribution < -0.4 is 5.32 Å². The van der Waals surface area contributed by atoms with Crippen LogP contribution in [0.25, 0.3) is 0 Å². The number of anilines is 1. The summed E-state index contributed by atoms with van der Waals surface area (Å²) >= 11 is 7.17. The number of rotatable bonds is 6. The third-order valence-electron chi connectivity index (χ3n) is 3.92. The summed E-state index contributed by atoms with van der Waals surface area (Å²) < 4.78 is 6.02. The van der Waals surface area contributed by atoms with Gasteiger partial charge in [0.15, 0.2) is 0 Å². The van der Waals surface area contributed by atoms with E-state index in [4.69, 9.17) is 16.3 Å². The lowest BCUT2D eigenvalue weighted by molar-refractivity contribution is 0.0805. The Bertz CT molecular complexity index is 703. The maximum atomic E-state index is 12.2. The van der Waals surface area contributed by atoms with Crippen molar-refractivity contribution in [2.45, 2.75) is 12.3 Å². The van der Waals surface area contributed by atoms with E-state index in [1.54, 1.807) is 30.4 Å². The predicted octanol–water partition coefficient (Wildman–Crippen LogP) is 2.88. The van der Waals surface area contributed by atoms with Crippen molar-refractivity contribution in [2.75, 3.05) is 38.7 Å². The molecule has 1 N–H and O–H groups in total. The van der Waals surface area contributed by atoms with Crippen LogP contribution >= 0.6 is 22.9 Å². The number of halogens is 1. The number of aromatic nitrogens is 2. The molecule has 1 fully saturated rings. The molecule has 0 aliphatic carbocycles. The molecular weight excluding hydrogens is 348 g/mol. The van der Waals surface area contributed by atoms with Crippen LogP contribution in [0.4, 0.5) is 5.82 Å². The number of carbonyl (C=O) groups excluding carboxylic acids is 1. The molecule has 1 saturated heterocycles. The van der Waals surface area contributed by atoms with E-state index in [-0.39, 0.29) is 5.91 Å². The molecule has 2 aromatic heterocycles. The first-order chi connectivity index (χ1) is 11.6. The molecule has 8 heteroatoms. The number of ether oxygens (including phenoxy) is 1. The highest BCUT2D eigenvalue weighted by molar-refractivity contribution is 7.17. The van der Waals surface area contributed by atoms with Crippen LogP contribution in [-0.2, 0) is 4.74 Å². The van der Waals surface area contributed by atoms with Crippen LogP contribution in [0.5, 0.6) is 0 Å². The molecular formula is C16H19ClN4O2S. The second-order valence-corrected chi connectivity index (χ2v) is 7.36. The number of thiophene rings is 1. The molecule has 0 saturated carbocycles. The Morgan fingerprint density at radius 3 is 3.08 bits per heavy atom. The molecule has 0 unspecified atom stereocenters. The number of nitrogens with zero attached hydrogens (tertiary/aromatic N) is 3. The first-order valence-corrected chi connectivity index (χ1v) is 8.97. The van der Waals surface area contributed by atoms with E-state index in [0.29, 0.717) is 28.2 Å². The minimum Gasteiger partial charge on any atom is -0.381 e. The third kappa shape index (κ3) is 4.23. The summed E-state index contributed by atoms with van der Waals surface area (Å²) in [4.78, 5) is 23.1. The van der Waals surface area contributed by atoms with Gasteiger partial charge in [0.25, 0.3) is 5.91 Å². The van der Waals surface area contributed by atoms with Crippen LogP contribution in [-0.4, -0.2) is 54.1 Å². The number of hydrogen-bond acceptors (Lipinski definition) is 6. The molecule has 6 nitrogen and oxygen atoms in total. The van der Waals surface area contributed by atoms with E-state index in [2.05, 4.69) is 15.3 Å². The summed E-state index contributed by atoms with van der Waals surface area (Å²) in [5, 5.41) is 3.24. The second kappa shape index (κ2) is 7.92. The largest absolute Gasteiger partial charge is 0.381 e. The molecule has 2 aromatic rings. The fourth-order valence-electron chi connectivity index (χ4n) is 2.53. The molecule has 3 rings (SSSR count). The van der Waals surface area contributed by atoms with Crippen molar-refractivity contribution >= 4 is 34.7 Å². The average molecular weight is 367 g/mol. The fourth-order valence-corrected chi connectivity index (χ4v) is 3.57. The molecule has 128 valence electrons. The fraction of sp³-hybridized carbons (Fsp3) is 0.438. The van der Waals surface area contributed by atoms with Crippen molar-refractivity contribution in [3.63, 3.8) is 0 Å². The highest BCUT2D eigenvalue weighted by Crippen LogP contribution is 2.24. The van der Waals surface area contributed by atoms with Crippen LogP contribution in [0.15, 0.2) is 24.5 Å². The van der Waals surface area contributed by atoms with Crippen LogP contribution in [0.3, 0.4) is 0 Å². The Kier molecular flexibility index (Phi) is 5.65. The van der Waals surface area contributed by atoms with Crippen molar-refractivity contribution in [3.05, 3.63) is 39.4 Å². The highest BCUT2D eigenvalue weighted by Gasteiger charge is 2.19. The molecule has 0 bridgehead atoms. The van der Waals surface area contributed by atoms with E-state index in [9.17, 15) is 4.79 Å². The van der Waals surface area contributed by atoms with E-state index in [1.807, 2.05) is 6.07 Å². The maximum absolute atomic E-state index is 12.2. The quantitative estimate of drug-likeness (QED) is 0.851. The molecule has 0 aromatic carbocycles. The lowest BCUT2D eigenvalue weighted by atomic mass is 10.1. The van der Waals surface area contributed by atoms with Crippen LogP contribution in [0.1, 0.15) is 27.7 Å². The topological polar surface area (TPSA) is 67.3 Å². The van der Waals surface area contributed by atoms with Gasteiger partial charge in [0.05, 0.1) is 21.5 Å². The third-order valence-corrected chi connectivity index (χ3v) is 5.14. The monoisotopic (exact) mass is 366 g/mol. The zero-order chi connectivity index (χ0) is 16.9. The summed E-state index contributed by atoms with van der Waals surface area (Å²) in [6.07, 6.45) is 2.57. The van der Waals surface area contributed by atoms with Gasteiger partial charge in [0, 0.05) is 38.7 Å². The number of hydrogen-bond donors (Lipinski definition) is 1. The Labute approximate surface area is 149 Å². The molecule has 0 spiro atoms. The van der Waals surface area contributed by atoms with Crippen molar-refractivity contribution in [2.24, 2.45) is 0 Å². The standard InChI is InChI=1S/C16H19ClN4O2S/c1-21(16(22)13-2-3-14(17)24-13)6-5-18-15-8-12(19-10-20-15)11-4-7-23-9-11/h2-3,8,10-11H,4-7,9H2,1H3,(H,18,19,20)/t11-/m1/s1. The van der Waals surface area contributed by atoms with Crippen LogP contribution in [0, 0.1) is 0 Å². The van der Waals surface area contributed by atoms with Gasteiger partial charge in [-0.1, -0.05) is 11.6 Å². The number of nitrogens with one attached hydrogen (secondary N) is 1. The highest BCUT2D eigenvalue weighted by atomic mass is 35.5. The Morgan fingerprint density at radius 1 is 1.50 bits per heavy atom. The molecule has 24 heavy (non-hydrogen) atoms. The zero-order valence-electron chi connectivity index (χ0n) is 13.4. The second-order valence-electron chi connectivity index (χ2n) is 5.65. The Balaban J connectivity index is 1.50. The molecule has 0 radical (unpaired) electrons. The Hall–Kier alpha value is -1.70. The van der Waals surface area contributed by atoms with E-state index in [0.717, 1.165) is 31.1 Å². The van der Waals surface area contributed by atoms with E-state index < -0.39 is 0 Å². The molecule has 1 amide bonds. The summed E-state index contributed by atoms with van der Waals surface area (Å²) in [5.74, 6) is 1.09. The number of likely N-dealkylation sites (N-methyl/N-ethyl adjacent to an activating group) is 1. The lowest BCUT2D eigenvalue weighted by Gasteiger charge is -2.17. The molecule has 3 heterocycles. The van der Waals surface area contributed by atoms with Gasteiger partial charge in [-0.3, -0.25) is 4.79 Å². The van der Waals surface area contributed by atoms with Gasteiger partial charge in [0.2, 0.25) is 0 Å². The van der Waals surface area contributed by atoms with Crippen molar-refractivity contribution < 1.29 is 9.53 Å². The first kappa shape index (κ1) is 17.1. The van der Waals surface area contributed by atoms with Gasteiger partial charge < -0.3 is 15.0 Å².